The van der Waals surface area contributed by atoms with E-state index < -0.39 is 0 Å². The number of hydrogen-bond donors (Lipinski definition) is 1. The van der Waals surface area contributed by atoms with Gasteiger partial charge in [-0.1, -0.05) is 6.07 Å². The monoisotopic (exact) mass is 300 g/mol. The Balaban J connectivity index is 1.89. The summed E-state index contributed by atoms with van der Waals surface area (Å²) in [4.78, 5) is 19.0. The van der Waals surface area contributed by atoms with Gasteiger partial charge >= 0.3 is 0 Å². The van der Waals surface area contributed by atoms with Crippen LogP contribution in [0.3, 0.4) is 0 Å². The smallest absolute Gasteiger partial charge is 0.254 e. The van der Waals surface area contributed by atoms with Gasteiger partial charge in [0.1, 0.15) is 0 Å². The van der Waals surface area contributed by atoms with Gasteiger partial charge in [0.2, 0.25) is 0 Å². The van der Waals surface area contributed by atoms with Gasteiger partial charge in [-0.15, -0.1) is 0 Å². The van der Waals surface area contributed by atoms with Crippen LogP contribution in [-0.4, -0.2) is 52.8 Å². The second-order valence-corrected chi connectivity index (χ2v) is 5.80. The van der Waals surface area contributed by atoms with E-state index in [-0.39, 0.29) is 24.7 Å². The number of carbonyl (C=O) groups is 1. The fourth-order valence-corrected chi connectivity index (χ4v) is 2.74. The summed E-state index contributed by atoms with van der Waals surface area (Å²) in [5, 5.41) is 10.2. The summed E-state index contributed by atoms with van der Waals surface area (Å²) in [6, 6.07) is 9.49. The van der Waals surface area contributed by atoms with Crippen LogP contribution in [0.15, 0.2) is 30.3 Å². The van der Waals surface area contributed by atoms with Crippen LogP contribution in [0.5, 0.6) is 0 Å². The topological polar surface area (TPSA) is 62.7 Å². The highest BCUT2D eigenvalue weighted by Crippen LogP contribution is 2.19. The minimum absolute atomic E-state index is 0.00198. The summed E-state index contributed by atoms with van der Waals surface area (Å²) in [6.45, 7) is 4.70. The van der Waals surface area contributed by atoms with Crippen molar-refractivity contribution in [3.63, 3.8) is 0 Å². The summed E-state index contributed by atoms with van der Waals surface area (Å²) in [6.07, 6.45) is -0.301. The van der Waals surface area contributed by atoms with E-state index in [9.17, 15) is 9.90 Å². The van der Waals surface area contributed by atoms with Crippen LogP contribution in [0.2, 0.25) is 0 Å². The first-order valence-electron chi connectivity index (χ1n) is 7.49. The molecule has 1 aromatic heterocycles. The molecule has 0 bridgehead atoms. The summed E-state index contributed by atoms with van der Waals surface area (Å²) in [5.74, 6) is -0.0308. The van der Waals surface area contributed by atoms with Gasteiger partial charge in [0, 0.05) is 23.2 Å². The molecule has 2 aromatic rings. The number of fused-ring (bicyclic) bond motifs is 1. The first-order chi connectivity index (χ1) is 10.6. The molecule has 2 atom stereocenters. The number of carbonyl (C=O) groups excluding carboxylic acids is 1. The van der Waals surface area contributed by atoms with Gasteiger partial charge in [0.25, 0.3) is 5.91 Å². The van der Waals surface area contributed by atoms with Crippen molar-refractivity contribution in [2.24, 2.45) is 0 Å². The summed E-state index contributed by atoms with van der Waals surface area (Å²) in [7, 11) is 0. The standard InChI is InChI=1S/C17H20N2O3/c1-11-3-4-13-7-14(5-6-16(13)18-11)17(21)19-8-15(9-20)22-10-12(19)2/h3-7,12,15,20H,8-10H2,1-2H3/t12-,15-/m1/s1. The molecule has 22 heavy (non-hydrogen) atoms. The fourth-order valence-electron chi connectivity index (χ4n) is 2.74. The maximum absolute atomic E-state index is 12.8. The van der Waals surface area contributed by atoms with E-state index in [4.69, 9.17) is 4.74 Å². The molecule has 0 aliphatic carbocycles. The molecule has 5 heteroatoms. The molecule has 1 aromatic carbocycles. The zero-order valence-corrected chi connectivity index (χ0v) is 12.8. The molecule has 1 fully saturated rings. The van der Waals surface area contributed by atoms with E-state index >= 15 is 0 Å². The summed E-state index contributed by atoms with van der Waals surface area (Å²) < 4.78 is 5.49. The minimum Gasteiger partial charge on any atom is -0.394 e. The molecule has 1 amide bonds. The number of aliphatic hydroxyl groups excluding tert-OH is 1. The van der Waals surface area contributed by atoms with Crippen LogP contribution in [0.1, 0.15) is 23.0 Å². The number of nitrogens with zero attached hydrogens (tertiary/aromatic N) is 2. The number of morpholine rings is 1. The van der Waals surface area contributed by atoms with E-state index in [1.807, 2.05) is 44.2 Å². The Morgan fingerprint density at radius 2 is 2.23 bits per heavy atom. The van der Waals surface area contributed by atoms with Crippen LogP contribution in [-0.2, 0) is 4.74 Å². The number of aryl methyl sites for hydroxylation is 1. The third-order valence-corrected chi connectivity index (χ3v) is 4.05. The van der Waals surface area contributed by atoms with Crippen molar-refractivity contribution in [2.45, 2.75) is 26.0 Å². The van der Waals surface area contributed by atoms with E-state index in [1.54, 1.807) is 4.90 Å². The van der Waals surface area contributed by atoms with Crippen molar-refractivity contribution < 1.29 is 14.6 Å². The Morgan fingerprint density at radius 3 is 3.00 bits per heavy atom. The van der Waals surface area contributed by atoms with Crippen LogP contribution >= 0.6 is 0 Å². The van der Waals surface area contributed by atoms with Crippen LogP contribution in [0.25, 0.3) is 10.9 Å². The first kappa shape index (κ1) is 14.9. The van der Waals surface area contributed by atoms with E-state index in [0.717, 1.165) is 16.6 Å². The predicted octanol–water partition coefficient (Wildman–Crippen LogP) is 1.77. The van der Waals surface area contributed by atoms with Gasteiger partial charge in [0.05, 0.1) is 30.9 Å². The molecular weight excluding hydrogens is 280 g/mol. The third-order valence-electron chi connectivity index (χ3n) is 4.05. The molecule has 1 aliphatic rings. The van der Waals surface area contributed by atoms with Crippen molar-refractivity contribution in [3.05, 3.63) is 41.6 Å². The minimum atomic E-state index is -0.301. The van der Waals surface area contributed by atoms with Gasteiger partial charge < -0.3 is 14.7 Å². The van der Waals surface area contributed by atoms with Crippen molar-refractivity contribution in [1.29, 1.82) is 0 Å². The van der Waals surface area contributed by atoms with E-state index in [1.165, 1.54) is 0 Å². The number of pyridine rings is 1. The average Bonchev–Trinajstić information content (AvgIpc) is 2.54. The van der Waals surface area contributed by atoms with Gasteiger partial charge in [-0.3, -0.25) is 9.78 Å². The van der Waals surface area contributed by atoms with Crippen molar-refractivity contribution in [2.75, 3.05) is 19.8 Å². The second-order valence-electron chi connectivity index (χ2n) is 5.80. The van der Waals surface area contributed by atoms with Crippen molar-refractivity contribution in [1.82, 2.24) is 9.88 Å². The molecule has 1 aliphatic heterocycles. The summed E-state index contributed by atoms with van der Waals surface area (Å²) in [5.41, 5.74) is 2.49. The van der Waals surface area contributed by atoms with Gasteiger partial charge in [0.15, 0.2) is 0 Å². The van der Waals surface area contributed by atoms with Gasteiger partial charge in [-0.05, 0) is 38.1 Å². The number of benzene rings is 1. The molecule has 0 spiro atoms. The number of aromatic nitrogens is 1. The van der Waals surface area contributed by atoms with E-state index in [0.29, 0.717) is 18.7 Å². The van der Waals surface area contributed by atoms with Crippen molar-refractivity contribution in [3.8, 4) is 0 Å². The van der Waals surface area contributed by atoms with E-state index in [2.05, 4.69) is 4.98 Å². The molecule has 0 unspecified atom stereocenters. The number of rotatable bonds is 2. The zero-order chi connectivity index (χ0) is 15.7. The highest BCUT2D eigenvalue weighted by molar-refractivity contribution is 5.98. The predicted molar refractivity (Wildman–Crippen MR) is 83.8 cm³/mol. The Labute approximate surface area is 129 Å². The lowest BCUT2D eigenvalue weighted by Crippen LogP contribution is -2.52. The quantitative estimate of drug-likeness (QED) is 0.918. The molecule has 1 saturated heterocycles. The van der Waals surface area contributed by atoms with Gasteiger partial charge in [-0.2, -0.15) is 0 Å². The Kier molecular flexibility index (Phi) is 4.09. The molecule has 0 saturated carbocycles. The molecule has 5 nitrogen and oxygen atoms in total. The number of hydrogen-bond acceptors (Lipinski definition) is 4. The van der Waals surface area contributed by atoms with Crippen LogP contribution in [0.4, 0.5) is 0 Å². The Hall–Kier alpha value is -1.98. The van der Waals surface area contributed by atoms with Crippen LogP contribution in [0, 0.1) is 6.92 Å². The Morgan fingerprint density at radius 1 is 1.41 bits per heavy atom. The largest absolute Gasteiger partial charge is 0.394 e. The zero-order valence-electron chi connectivity index (χ0n) is 12.8. The maximum atomic E-state index is 12.8. The van der Waals surface area contributed by atoms with Crippen molar-refractivity contribution >= 4 is 16.8 Å². The molecule has 2 heterocycles. The number of aliphatic hydroxyl groups is 1. The SMILES string of the molecule is Cc1ccc2cc(C(=O)N3C[C@H](CO)OC[C@H]3C)ccc2n1. The Bertz CT molecular complexity index is 701. The third kappa shape index (κ3) is 2.82. The number of ether oxygens (including phenoxy) is 1. The summed E-state index contributed by atoms with van der Waals surface area (Å²) >= 11 is 0. The lowest BCUT2D eigenvalue weighted by molar-refractivity contribution is -0.0667. The average molecular weight is 300 g/mol. The number of amides is 1. The highest BCUT2D eigenvalue weighted by Gasteiger charge is 2.29. The highest BCUT2D eigenvalue weighted by atomic mass is 16.5. The lowest BCUT2D eigenvalue weighted by Gasteiger charge is -2.37. The first-order valence-corrected chi connectivity index (χ1v) is 7.49. The maximum Gasteiger partial charge on any atom is 0.254 e. The molecule has 1 N–H and O–H groups in total. The fraction of sp³-hybridized carbons (Fsp3) is 0.412. The normalized spacial score (nSPS) is 22.0. The molecule has 0 radical (unpaired) electrons. The van der Waals surface area contributed by atoms with Crippen LogP contribution < -0.4 is 0 Å². The lowest BCUT2D eigenvalue weighted by atomic mass is 10.1. The molecular formula is C17H20N2O3. The second kappa shape index (κ2) is 6.02. The molecule has 3 rings (SSSR count). The van der Waals surface area contributed by atoms with Gasteiger partial charge in [-0.25, -0.2) is 0 Å². The molecule has 116 valence electrons.